The molecule has 4 atom stereocenters. The summed E-state index contributed by atoms with van der Waals surface area (Å²) in [5, 5.41) is 2.90. The van der Waals surface area contributed by atoms with Gasteiger partial charge in [0.05, 0.1) is 5.92 Å². The number of aldehydes is 1. The van der Waals surface area contributed by atoms with Gasteiger partial charge in [-0.3, -0.25) is 4.79 Å². The Morgan fingerprint density at radius 1 is 1.29 bits per heavy atom. The summed E-state index contributed by atoms with van der Waals surface area (Å²) >= 11 is 0. The van der Waals surface area contributed by atoms with Crippen LogP contribution in [0.15, 0.2) is 0 Å². The SMILES string of the molecule is NC1CCC1C(=O)NC1CCC1C=O. The van der Waals surface area contributed by atoms with Crippen LogP contribution in [-0.4, -0.2) is 24.3 Å². The summed E-state index contributed by atoms with van der Waals surface area (Å²) in [4.78, 5) is 22.1. The lowest BCUT2D eigenvalue weighted by Gasteiger charge is -2.38. The Labute approximate surface area is 83.2 Å². The lowest BCUT2D eigenvalue weighted by Crippen LogP contribution is -2.54. The van der Waals surface area contributed by atoms with Gasteiger partial charge in [0, 0.05) is 18.0 Å². The van der Waals surface area contributed by atoms with E-state index in [4.69, 9.17) is 5.73 Å². The highest BCUT2D eigenvalue weighted by molar-refractivity contribution is 5.81. The molecule has 2 rings (SSSR count). The summed E-state index contributed by atoms with van der Waals surface area (Å²) in [7, 11) is 0. The van der Waals surface area contributed by atoms with Crippen LogP contribution < -0.4 is 11.1 Å². The quantitative estimate of drug-likeness (QED) is 0.615. The van der Waals surface area contributed by atoms with E-state index in [9.17, 15) is 9.59 Å². The highest BCUT2D eigenvalue weighted by Gasteiger charge is 2.38. The van der Waals surface area contributed by atoms with E-state index in [2.05, 4.69) is 5.32 Å². The molecule has 0 aromatic carbocycles. The number of carbonyl (C=O) groups excluding carboxylic acids is 2. The zero-order valence-corrected chi connectivity index (χ0v) is 8.11. The van der Waals surface area contributed by atoms with Gasteiger partial charge < -0.3 is 15.8 Å². The number of rotatable bonds is 3. The highest BCUT2D eigenvalue weighted by Crippen LogP contribution is 2.29. The third-order valence-corrected chi connectivity index (χ3v) is 3.49. The number of nitrogens with one attached hydrogen (secondary N) is 1. The molecule has 3 N–H and O–H groups in total. The molecular weight excluding hydrogens is 180 g/mol. The molecule has 0 saturated heterocycles. The molecule has 14 heavy (non-hydrogen) atoms. The molecule has 0 aromatic rings. The lowest BCUT2D eigenvalue weighted by molar-refractivity contribution is -0.130. The third-order valence-electron chi connectivity index (χ3n) is 3.49. The second-order valence-corrected chi connectivity index (χ2v) is 4.34. The normalized spacial score (nSPS) is 40.6. The Hall–Kier alpha value is -0.900. The predicted molar refractivity (Wildman–Crippen MR) is 51.4 cm³/mol. The molecule has 2 fully saturated rings. The summed E-state index contributed by atoms with van der Waals surface area (Å²) in [6.07, 6.45) is 4.61. The van der Waals surface area contributed by atoms with E-state index in [0.717, 1.165) is 32.0 Å². The summed E-state index contributed by atoms with van der Waals surface area (Å²) < 4.78 is 0. The van der Waals surface area contributed by atoms with E-state index in [1.807, 2.05) is 0 Å². The fourth-order valence-electron chi connectivity index (χ4n) is 2.01. The van der Waals surface area contributed by atoms with Crippen LogP contribution in [0.4, 0.5) is 0 Å². The average molecular weight is 196 g/mol. The van der Waals surface area contributed by atoms with Crippen molar-refractivity contribution in [2.24, 2.45) is 17.6 Å². The summed E-state index contributed by atoms with van der Waals surface area (Å²) in [6, 6.07) is 0.109. The third kappa shape index (κ3) is 1.54. The van der Waals surface area contributed by atoms with Crippen molar-refractivity contribution in [3.8, 4) is 0 Å². The molecule has 2 saturated carbocycles. The molecule has 0 radical (unpaired) electrons. The van der Waals surface area contributed by atoms with Crippen molar-refractivity contribution in [3.63, 3.8) is 0 Å². The monoisotopic (exact) mass is 196 g/mol. The first-order valence-corrected chi connectivity index (χ1v) is 5.23. The molecule has 0 aromatic heterocycles. The molecular formula is C10H16N2O2. The maximum absolute atomic E-state index is 11.6. The maximum Gasteiger partial charge on any atom is 0.224 e. The van der Waals surface area contributed by atoms with Crippen LogP contribution in [0.2, 0.25) is 0 Å². The molecule has 4 nitrogen and oxygen atoms in total. The minimum atomic E-state index is -0.0112. The minimum Gasteiger partial charge on any atom is -0.352 e. The number of nitrogens with two attached hydrogens (primary N) is 1. The van der Waals surface area contributed by atoms with Gasteiger partial charge in [0.15, 0.2) is 0 Å². The van der Waals surface area contributed by atoms with E-state index in [-0.39, 0.29) is 29.8 Å². The molecule has 0 heterocycles. The smallest absolute Gasteiger partial charge is 0.224 e. The van der Waals surface area contributed by atoms with Gasteiger partial charge in [-0.1, -0.05) is 0 Å². The number of amides is 1. The van der Waals surface area contributed by atoms with E-state index in [0.29, 0.717) is 0 Å². The molecule has 78 valence electrons. The van der Waals surface area contributed by atoms with Gasteiger partial charge in [-0.05, 0) is 25.7 Å². The number of hydrogen-bond donors (Lipinski definition) is 2. The summed E-state index contributed by atoms with van der Waals surface area (Å²) in [5.41, 5.74) is 5.70. The number of carbonyl (C=O) groups is 2. The van der Waals surface area contributed by atoms with Crippen molar-refractivity contribution >= 4 is 12.2 Å². The van der Waals surface area contributed by atoms with Crippen LogP contribution in [0.25, 0.3) is 0 Å². The van der Waals surface area contributed by atoms with Crippen LogP contribution in [0.1, 0.15) is 25.7 Å². The van der Waals surface area contributed by atoms with Gasteiger partial charge >= 0.3 is 0 Å². The highest BCUT2D eigenvalue weighted by atomic mass is 16.2. The van der Waals surface area contributed by atoms with Crippen molar-refractivity contribution in [3.05, 3.63) is 0 Å². The Balaban J connectivity index is 1.79. The fourth-order valence-corrected chi connectivity index (χ4v) is 2.01. The van der Waals surface area contributed by atoms with Gasteiger partial charge in [-0.15, -0.1) is 0 Å². The van der Waals surface area contributed by atoms with Crippen LogP contribution >= 0.6 is 0 Å². The molecule has 0 aliphatic heterocycles. The molecule has 2 aliphatic rings. The topological polar surface area (TPSA) is 72.2 Å². The van der Waals surface area contributed by atoms with Gasteiger partial charge in [0.25, 0.3) is 0 Å². The van der Waals surface area contributed by atoms with Crippen LogP contribution in [0.5, 0.6) is 0 Å². The van der Waals surface area contributed by atoms with Gasteiger partial charge in [0.2, 0.25) is 5.91 Å². The first kappa shape index (κ1) is 9.65. The largest absolute Gasteiger partial charge is 0.352 e. The van der Waals surface area contributed by atoms with Crippen molar-refractivity contribution in [2.75, 3.05) is 0 Å². The number of hydrogen-bond acceptors (Lipinski definition) is 3. The van der Waals surface area contributed by atoms with E-state index >= 15 is 0 Å². The molecule has 0 bridgehead atoms. The molecule has 1 amide bonds. The molecule has 4 unspecified atom stereocenters. The second-order valence-electron chi connectivity index (χ2n) is 4.34. The first-order chi connectivity index (χ1) is 6.72. The van der Waals surface area contributed by atoms with Crippen molar-refractivity contribution in [1.29, 1.82) is 0 Å². The first-order valence-electron chi connectivity index (χ1n) is 5.23. The van der Waals surface area contributed by atoms with Gasteiger partial charge in [0.1, 0.15) is 6.29 Å². The fraction of sp³-hybridized carbons (Fsp3) is 0.800. The average Bonchev–Trinajstić information content (AvgIpc) is 2.11. The van der Waals surface area contributed by atoms with E-state index in [1.54, 1.807) is 0 Å². The van der Waals surface area contributed by atoms with Crippen molar-refractivity contribution < 1.29 is 9.59 Å². The molecule has 4 heteroatoms. The molecule has 2 aliphatic carbocycles. The second kappa shape index (κ2) is 3.69. The van der Waals surface area contributed by atoms with Gasteiger partial charge in [-0.25, -0.2) is 0 Å². The summed E-state index contributed by atoms with van der Waals surface area (Å²) in [5.74, 6) is 0.0680. The van der Waals surface area contributed by atoms with Crippen LogP contribution in [-0.2, 0) is 9.59 Å². The Kier molecular flexibility index (Phi) is 2.54. The van der Waals surface area contributed by atoms with Crippen molar-refractivity contribution in [2.45, 2.75) is 37.8 Å². The minimum absolute atomic E-state index is 0.0112. The maximum atomic E-state index is 11.6. The zero-order valence-electron chi connectivity index (χ0n) is 8.11. The zero-order chi connectivity index (χ0) is 10.1. The standard InChI is InChI=1S/C10H16N2O2/c11-8-3-2-7(8)10(14)12-9-4-1-6(9)5-13/h5-9H,1-4,11H2,(H,12,14). The Morgan fingerprint density at radius 3 is 2.43 bits per heavy atom. The van der Waals surface area contributed by atoms with Crippen LogP contribution in [0, 0.1) is 11.8 Å². The van der Waals surface area contributed by atoms with Gasteiger partial charge in [-0.2, -0.15) is 0 Å². The van der Waals surface area contributed by atoms with Crippen LogP contribution in [0.3, 0.4) is 0 Å². The lowest BCUT2D eigenvalue weighted by atomic mass is 9.77. The van der Waals surface area contributed by atoms with E-state index in [1.165, 1.54) is 0 Å². The Morgan fingerprint density at radius 2 is 2.07 bits per heavy atom. The molecule has 0 spiro atoms. The van der Waals surface area contributed by atoms with Crippen molar-refractivity contribution in [1.82, 2.24) is 5.32 Å². The summed E-state index contributed by atoms with van der Waals surface area (Å²) in [6.45, 7) is 0. The predicted octanol–water partition coefficient (Wildman–Crippen LogP) is -0.183. The van der Waals surface area contributed by atoms with E-state index < -0.39 is 0 Å². The Bertz CT molecular complexity index is 255.